The first-order valence-electron chi connectivity index (χ1n) is 22.6. The van der Waals surface area contributed by atoms with E-state index in [-0.39, 0.29) is 16.7 Å². The molecule has 0 radical (unpaired) electrons. The van der Waals surface area contributed by atoms with Crippen LogP contribution >= 0.6 is 0 Å². The van der Waals surface area contributed by atoms with Crippen LogP contribution in [0.4, 0.5) is 8.78 Å². The van der Waals surface area contributed by atoms with Gasteiger partial charge in [0.2, 0.25) is 0 Å². The molecule has 318 valence electrons. The van der Waals surface area contributed by atoms with Crippen LogP contribution < -0.4 is 0 Å². The fourth-order valence-electron chi connectivity index (χ4n) is 11.1. The minimum absolute atomic E-state index is 0.148. The number of para-hydroxylation sites is 6. The summed E-state index contributed by atoms with van der Waals surface area (Å²) in [6.07, 6.45) is 0. The zero-order valence-electron chi connectivity index (χ0n) is 36.2. The van der Waals surface area contributed by atoms with E-state index in [0.717, 1.165) is 77.1 Å². The van der Waals surface area contributed by atoms with Gasteiger partial charge in [0, 0.05) is 60.0 Å². The van der Waals surface area contributed by atoms with Crippen molar-refractivity contribution in [2.24, 2.45) is 0 Å². The van der Waals surface area contributed by atoms with E-state index < -0.39 is 11.6 Å². The molecule has 68 heavy (non-hydrogen) atoms. The van der Waals surface area contributed by atoms with E-state index in [1.54, 1.807) is 12.1 Å². The van der Waals surface area contributed by atoms with Crippen molar-refractivity contribution in [3.63, 3.8) is 0 Å². The first-order valence-corrected chi connectivity index (χ1v) is 22.6. The molecule has 0 saturated carbocycles. The number of fused-ring (bicyclic) bond motifs is 12. The van der Waals surface area contributed by atoms with Crippen molar-refractivity contribution in [2.75, 3.05) is 0 Å². The number of nitriles is 1. The molecular formula is C61H35F2N5. The molecule has 0 atom stereocenters. The molecule has 0 aliphatic heterocycles. The fourth-order valence-corrected chi connectivity index (χ4v) is 11.1. The summed E-state index contributed by atoms with van der Waals surface area (Å²) in [7, 11) is 0. The lowest BCUT2D eigenvalue weighted by Gasteiger charge is -2.20. The normalized spacial score (nSPS) is 12.0. The summed E-state index contributed by atoms with van der Waals surface area (Å²) in [5, 5.41) is 19.7. The van der Waals surface area contributed by atoms with E-state index in [1.165, 1.54) is 39.7 Å². The van der Waals surface area contributed by atoms with Crippen LogP contribution in [0.1, 0.15) is 5.56 Å². The summed E-state index contributed by atoms with van der Waals surface area (Å²) in [6, 6.07) is 73.4. The molecule has 4 heterocycles. The van der Waals surface area contributed by atoms with Gasteiger partial charge in [-0.1, -0.05) is 115 Å². The van der Waals surface area contributed by atoms with Crippen LogP contribution in [0.25, 0.3) is 121 Å². The van der Waals surface area contributed by atoms with Gasteiger partial charge in [0.25, 0.3) is 0 Å². The molecule has 5 nitrogen and oxygen atoms in total. The second-order valence-electron chi connectivity index (χ2n) is 17.4. The van der Waals surface area contributed by atoms with Gasteiger partial charge in [-0.3, -0.25) is 0 Å². The van der Waals surface area contributed by atoms with Crippen LogP contribution in [0.2, 0.25) is 0 Å². The van der Waals surface area contributed by atoms with Gasteiger partial charge in [-0.15, -0.1) is 0 Å². The van der Waals surface area contributed by atoms with Gasteiger partial charge < -0.3 is 18.3 Å². The topological polar surface area (TPSA) is 43.5 Å². The molecule has 0 unspecified atom stereocenters. The molecule has 0 aliphatic rings. The van der Waals surface area contributed by atoms with Crippen molar-refractivity contribution in [3.8, 4) is 39.9 Å². The lowest BCUT2D eigenvalue weighted by Crippen LogP contribution is -2.06. The fraction of sp³-hybridized carbons (Fsp3) is 0. The summed E-state index contributed by atoms with van der Waals surface area (Å²) in [4.78, 5) is 0. The highest BCUT2D eigenvalue weighted by Gasteiger charge is 2.25. The molecule has 0 bridgehead atoms. The van der Waals surface area contributed by atoms with Crippen molar-refractivity contribution in [2.45, 2.75) is 0 Å². The Balaban J connectivity index is 1.08. The average Bonchev–Trinajstić information content (AvgIpc) is 4.11. The minimum atomic E-state index is -0.743. The molecule has 0 N–H and O–H groups in total. The predicted molar refractivity (Wildman–Crippen MR) is 274 cm³/mol. The highest BCUT2D eigenvalue weighted by molar-refractivity contribution is 6.15. The van der Waals surface area contributed by atoms with Gasteiger partial charge >= 0.3 is 0 Å². The standard InChI is InChI=1S/C61H35F2N5/c62-49-20-13-21-50(63)61(49)46-35-60(68-56-27-12-6-19-45(56)48-34-39(29-31-58(48)68)66-53-24-9-3-16-42(53)43-17-4-10-25-54(43)66)59(32-37(46)36-64)67-55-26-11-5-18-44(55)47-33-38(28-30-57(47)67)65-51-22-7-1-14-40(51)41-15-2-8-23-52(41)65/h1-35H. The van der Waals surface area contributed by atoms with Crippen molar-refractivity contribution >= 4 is 87.2 Å². The van der Waals surface area contributed by atoms with Gasteiger partial charge in [0.05, 0.1) is 72.7 Å². The molecule has 0 spiro atoms. The van der Waals surface area contributed by atoms with Gasteiger partial charge in [-0.25, -0.2) is 8.78 Å². The SMILES string of the molecule is N#Cc1cc(-n2c3ccccc3c3cc(-n4c5ccccc5c5ccccc54)ccc32)c(-n2c3ccccc3c3cc(-n4c5ccccc5c5ccccc54)ccc32)cc1-c1c(F)cccc1F. The third-order valence-corrected chi connectivity index (χ3v) is 13.9. The second kappa shape index (κ2) is 14.4. The van der Waals surface area contributed by atoms with Gasteiger partial charge in [0.1, 0.15) is 11.6 Å². The maximum absolute atomic E-state index is 16.0. The molecule has 4 aromatic heterocycles. The Hall–Kier alpha value is -9.25. The van der Waals surface area contributed by atoms with E-state index in [4.69, 9.17) is 0 Å². The largest absolute Gasteiger partial charge is 0.309 e. The first-order chi connectivity index (χ1) is 33.6. The summed E-state index contributed by atoms with van der Waals surface area (Å²) in [5.41, 5.74) is 11.5. The van der Waals surface area contributed by atoms with Crippen LogP contribution in [-0.4, -0.2) is 18.3 Å². The van der Waals surface area contributed by atoms with Crippen molar-refractivity contribution in [1.29, 1.82) is 5.26 Å². The average molecular weight is 876 g/mol. The van der Waals surface area contributed by atoms with Crippen molar-refractivity contribution in [1.82, 2.24) is 18.3 Å². The van der Waals surface area contributed by atoms with Crippen molar-refractivity contribution < 1.29 is 8.78 Å². The maximum atomic E-state index is 16.0. The monoisotopic (exact) mass is 875 g/mol. The zero-order chi connectivity index (χ0) is 45.2. The lowest BCUT2D eigenvalue weighted by atomic mass is 9.97. The van der Waals surface area contributed by atoms with Crippen LogP contribution in [0.5, 0.6) is 0 Å². The van der Waals surface area contributed by atoms with Crippen LogP contribution in [0.3, 0.4) is 0 Å². The molecular weight excluding hydrogens is 841 g/mol. The van der Waals surface area contributed by atoms with Gasteiger partial charge in [-0.2, -0.15) is 5.26 Å². The lowest BCUT2D eigenvalue weighted by molar-refractivity contribution is 0.589. The molecule has 0 fully saturated rings. The van der Waals surface area contributed by atoms with E-state index in [9.17, 15) is 5.26 Å². The number of nitrogens with zero attached hydrogens (tertiary/aromatic N) is 5. The Kier molecular flexibility index (Phi) is 8.05. The summed E-state index contributed by atoms with van der Waals surface area (Å²) in [6.45, 7) is 0. The Bertz CT molecular complexity index is 4370. The molecule has 0 saturated heterocycles. The van der Waals surface area contributed by atoms with Crippen LogP contribution in [-0.2, 0) is 0 Å². The predicted octanol–water partition coefficient (Wildman–Crippen LogP) is 15.9. The Morgan fingerprint density at radius 2 is 0.632 bits per heavy atom. The van der Waals surface area contributed by atoms with E-state index in [1.807, 2.05) is 24.3 Å². The molecule has 10 aromatic carbocycles. The Morgan fingerprint density at radius 1 is 0.309 bits per heavy atom. The number of benzene rings is 10. The third-order valence-electron chi connectivity index (χ3n) is 13.9. The number of aromatic nitrogens is 4. The Morgan fingerprint density at radius 3 is 1.01 bits per heavy atom. The van der Waals surface area contributed by atoms with E-state index in [0.29, 0.717) is 11.4 Å². The molecule has 0 amide bonds. The number of hydrogen-bond acceptors (Lipinski definition) is 1. The smallest absolute Gasteiger partial charge is 0.134 e. The van der Waals surface area contributed by atoms with Gasteiger partial charge in [0.15, 0.2) is 0 Å². The zero-order valence-corrected chi connectivity index (χ0v) is 36.2. The highest BCUT2D eigenvalue weighted by atomic mass is 19.1. The third kappa shape index (κ3) is 5.28. The number of hydrogen-bond donors (Lipinski definition) is 0. The maximum Gasteiger partial charge on any atom is 0.134 e. The summed E-state index contributed by atoms with van der Waals surface area (Å²) in [5.74, 6) is -1.49. The van der Waals surface area contributed by atoms with Crippen LogP contribution in [0, 0.1) is 23.0 Å². The first kappa shape index (κ1) is 38.1. The summed E-state index contributed by atoms with van der Waals surface area (Å²) >= 11 is 0. The number of rotatable bonds is 5. The molecule has 7 heteroatoms. The highest BCUT2D eigenvalue weighted by Crippen LogP contribution is 2.44. The quantitative estimate of drug-likeness (QED) is 0.170. The van der Waals surface area contributed by atoms with E-state index in [2.05, 4.69) is 182 Å². The Labute approximate surface area is 387 Å². The molecule has 0 aliphatic carbocycles. The molecule has 14 aromatic rings. The van der Waals surface area contributed by atoms with Crippen molar-refractivity contribution in [3.05, 3.63) is 230 Å². The molecule has 14 rings (SSSR count). The van der Waals surface area contributed by atoms with Crippen LogP contribution in [0.15, 0.2) is 212 Å². The second-order valence-corrected chi connectivity index (χ2v) is 17.4. The minimum Gasteiger partial charge on any atom is -0.309 e. The van der Waals surface area contributed by atoms with Gasteiger partial charge in [-0.05, 0) is 97.1 Å². The number of halogens is 2. The summed E-state index contributed by atoms with van der Waals surface area (Å²) < 4.78 is 41.0. The van der Waals surface area contributed by atoms with E-state index >= 15 is 8.78 Å².